The molecule has 1 N–H and O–H groups in total. The molecular weight excluding hydrogens is 210 g/mol. The van der Waals surface area contributed by atoms with Crippen molar-refractivity contribution in [1.82, 2.24) is 4.90 Å². The number of hydrogen-bond donors (Lipinski definition) is 1. The summed E-state index contributed by atoms with van der Waals surface area (Å²) in [6, 6.07) is 11.2. The quantitative estimate of drug-likeness (QED) is 0.867. The molecule has 2 nitrogen and oxygen atoms in total. The highest BCUT2D eigenvalue weighted by Gasteiger charge is 2.26. The lowest BCUT2D eigenvalue weighted by Gasteiger charge is -2.40. The SMILES string of the molecule is C[C@H]1CCC[C@H](C)N1C[C@H](O)c1ccccc1. The van der Waals surface area contributed by atoms with Crippen molar-refractivity contribution >= 4 is 0 Å². The van der Waals surface area contributed by atoms with Crippen LogP contribution in [-0.2, 0) is 0 Å². The number of rotatable bonds is 3. The fourth-order valence-electron chi connectivity index (χ4n) is 2.81. The lowest BCUT2D eigenvalue weighted by atomic mass is 9.96. The summed E-state index contributed by atoms with van der Waals surface area (Å²) in [5, 5.41) is 10.3. The topological polar surface area (TPSA) is 23.5 Å². The van der Waals surface area contributed by atoms with Gasteiger partial charge in [0.05, 0.1) is 6.10 Å². The summed E-state index contributed by atoms with van der Waals surface area (Å²) in [7, 11) is 0. The number of β-amino-alcohol motifs (C(OH)–C–C–N with tert-alkyl or cyclic N) is 1. The highest BCUT2D eigenvalue weighted by Crippen LogP contribution is 2.25. The normalized spacial score (nSPS) is 27.9. The van der Waals surface area contributed by atoms with E-state index in [0.717, 1.165) is 12.1 Å². The summed E-state index contributed by atoms with van der Waals surface area (Å²) >= 11 is 0. The predicted octanol–water partition coefficient (Wildman–Crippen LogP) is 2.98. The molecule has 17 heavy (non-hydrogen) atoms. The fourth-order valence-corrected chi connectivity index (χ4v) is 2.81. The minimum atomic E-state index is -0.362. The number of likely N-dealkylation sites (tertiary alicyclic amines) is 1. The third kappa shape index (κ3) is 3.08. The van der Waals surface area contributed by atoms with Crippen LogP contribution in [0, 0.1) is 0 Å². The molecule has 0 aliphatic carbocycles. The Labute approximate surface area is 104 Å². The molecule has 3 atom stereocenters. The van der Waals surface area contributed by atoms with Gasteiger partial charge in [-0.15, -0.1) is 0 Å². The van der Waals surface area contributed by atoms with Gasteiger partial charge in [-0.05, 0) is 32.3 Å². The molecule has 0 unspecified atom stereocenters. The van der Waals surface area contributed by atoms with E-state index in [1.54, 1.807) is 0 Å². The lowest BCUT2D eigenvalue weighted by molar-refractivity contribution is 0.0412. The minimum Gasteiger partial charge on any atom is -0.387 e. The Hall–Kier alpha value is -0.860. The number of hydrogen-bond acceptors (Lipinski definition) is 2. The Morgan fingerprint density at radius 1 is 1.18 bits per heavy atom. The first-order valence-electron chi connectivity index (χ1n) is 6.67. The molecule has 0 bridgehead atoms. The molecule has 1 aliphatic rings. The second-order valence-corrected chi connectivity index (χ2v) is 5.25. The van der Waals surface area contributed by atoms with Crippen LogP contribution in [0.4, 0.5) is 0 Å². The van der Waals surface area contributed by atoms with E-state index in [1.807, 2.05) is 30.3 Å². The van der Waals surface area contributed by atoms with Gasteiger partial charge in [0.25, 0.3) is 0 Å². The maximum absolute atomic E-state index is 10.3. The van der Waals surface area contributed by atoms with Crippen molar-refractivity contribution in [3.8, 4) is 0 Å². The van der Waals surface area contributed by atoms with Crippen LogP contribution >= 0.6 is 0 Å². The smallest absolute Gasteiger partial charge is 0.0917 e. The average Bonchev–Trinajstić information content (AvgIpc) is 2.35. The van der Waals surface area contributed by atoms with Crippen LogP contribution in [0.15, 0.2) is 30.3 Å². The van der Waals surface area contributed by atoms with Gasteiger partial charge in [-0.1, -0.05) is 36.8 Å². The van der Waals surface area contributed by atoms with Crippen LogP contribution < -0.4 is 0 Å². The van der Waals surface area contributed by atoms with E-state index in [9.17, 15) is 5.11 Å². The van der Waals surface area contributed by atoms with Crippen molar-refractivity contribution in [1.29, 1.82) is 0 Å². The van der Waals surface area contributed by atoms with E-state index in [4.69, 9.17) is 0 Å². The molecular formula is C15H23NO. The second-order valence-electron chi connectivity index (χ2n) is 5.25. The van der Waals surface area contributed by atoms with Crippen LogP contribution in [0.25, 0.3) is 0 Å². The van der Waals surface area contributed by atoms with Crippen LogP contribution in [0.3, 0.4) is 0 Å². The molecule has 1 aliphatic heterocycles. The van der Waals surface area contributed by atoms with Gasteiger partial charge < -0.3 is 5.11 Å². The lowest BCUT2D eigenvalue weighted by Crippen LogP contribution is -2.45. The van der Waals surface area contributed by atoms with Crippen molar-refractivity contribution < 1.29 is 5.11 Å². The first-order valence-corrected chi connectivity index (χ1v) is 6.67. The van der Waals surface area contributed by atoms with Crippen LogP contribution in [0.1, 0.15) is 44.8 Å². The largest absolute Gasteiger partial charge is 0.387 e. The number of aliphatic hydroxyl groups excluding tert-OH is 1. The zero-order valence-corrected chi connectivity index (χ0v) is 10.8. The number of nitrogens with zero attached hydrogens (tertiary/aromatic N) is 1. The predicted molar refractivity (Wildman–Crippen MR) is 70.9 cm³/mol. The molecule has 0 aromatic heterocycles. The molecule has 2 heteroatoms. The minimum absolute atomic E-state index is 0.362. The highest BCUT2D eigenvalue weighted by molar-refractivity contribution is 5.17. The summed E-state index contributed by atoms with van der Waals surface area (Å²) < 4.78 is 0. The maximum Gasteiger partial charge on any atom is 0.0917 e. The molecule has 0 spiro atoms. The van der Waals surface area contributed by atoms with Crippen molar-refractivity contribution in [2.45, 2.75) is 51.3 Å². The standard InChI is InChI=1S/C15H23NO/c1-12-7-6-8-13(2)16(12)11-15(17)14-9-4-3-5-10-14/h3-5,9-10,12-13,15,17H,6-8,11H2,1-2H3/t12-,13-,15-/m0/s1. The van der Waals surface area contributed by atoms with Gasteiger partial charge in [0.15, 0.2) is 0 Å². The third-order valence-corrected chi connectivity index (χ3v) is 3.94. The van der Waals surface area contributed by atoms with Gasteiger partial charge in [0.1, 0.15) is 0 Å². The van der Waals surface area contributed by atoms with E-state index in [1.165, 1.54) is 19.3 Å². The molecule has 2 rings (SSSR count). The first-order chi connectivity index (χ1) is 8.18. The number of piperidine rings is 1. The van der Waals surface area contributed by atoms with Crippen LogP contribution in [0.5, 0.6) is 0 Å². The molecule has 1 fully saturated rings. The Morgan fingerprint density at radius 3 is 2.35 bits per heavy atom. The monoisotopic (exact) mass is 233 g/mol. The van der Waals surface area contributed by atoms with Crippen LogP contribution in [-0.4, -0.2) is 28.6 Å². The summed E-state index contributed by atoms with van der Waals surface area (Å²) in [5.41, 5.74) is 1.03. The van der Waals surface area contributed by atoms with E-state index < -0.39 is 0 Å². The van der Waals surface area contributed by atoms with Gasteiger partial charge >= 0.3 is 0 Å². The zero-order chi connectivity index (χ0) is 12.3. The van der Waals surface area contributed by atoms with Gasteiger partial charge in [0.2, 0.25) is 0 Å². The van der Waals surface area contributed by atoms with Crippen molar-refractivity contribution in [3.05, 3.63) is 35.9 Å². The van der Waals surface area contributed by atoms with Crippen LogP contribution in [0.2, 0.25) is 0 Å². The molecule has 1 saturated heterocycles. The van der Waals surface area contributed by atoms with E-state index in [0.29, 0.717) is 12.1 Å². The molecule has 0 amide bonds. The summed E-state index contributed by atoms with van der Waals surface area (Å²) in [5.74, 6) is 0. The zero-order valence-electron chi connectivity index (χ0n) is 10.8. The molecule has 1 aromatic rings. The van der Waals surface area contributed by atoms with Gasteiger partial charge in [-0.25, -0.2) is 0 Å². The van der Waals surface area contributed by atoms with E-state index in [-0.39, 0.29) is 6.10 Å². The average molecular weight is 233 g/mol. The number of benzene rings is 1. The Morgan fingerprint density at radius 2 is 1.76 bits per heavy atom. The second kappa shape index (κ2) is 5.65. The highest BCUT2D eigenvalue weighted by atomic mass is 16.3. The Kier molecular flexibility index (Phi) is 4.19. The number of aliphatic hydroxyl groups is 1. The fraction of sp³-hybridized carbons (Fsp3) is 0.600. The Bertz CT molecular complexity index is 328. The first kappa shape index (κ1) is 12.6. The van der Waals surface area contributed by atoms with Crippen molar-refractivity contribution in [3.63, 3.8) is 0 Å². The van der Waals surface area contributed by atoms with Gasteiger partial charge in [0, 0.05) is 18.6 Å². The van der Waals surface area contributed by atoms with Crippen molar-refractivity contribution in [2.75, 3.05) is 6.54 Å². The summed E-state index contributed by atoms with van der Waals surface area (Å²) in [6.07, 6.45) is 3.47. The van der Waals surface area contributed by atoms with E-state index in [2.05, 4.69) is 18.7 Å². The van der Waals surface area contributed by atoms with Crippen molar-refractivity contribution in [2.24, 2.45) is 0 Å². The molecule has 1 heterocycles. The maximum atomic E-state index is 10.3. The Balaban J connectivity index is 2.00. The summed E-state index contributed by atoms with van der Waals surface area (Å²) in [4.78, 5) is 2.45. The van der Waals surface area contributed by atoms with Gasteiger partial charge in [-0.3, -0.25) is 4.90 Å². The van der Waals surface area contributed by atoms with E-state index >= 15 is 0 Å². The summed E-state index contributed by atoms with van der Waals surface area (Å²) in [6.45, 7) is 5.30. The molecule has 0 radical (unpaired) electrons. The molecule has 1 aromatic carbocycles. The molecule has 94 valence electrons. The third-order valence-electron chi connectivity index (χ3n) is 3.94. The van der Waals surface area contributed by atoms with Gasteiger partial charge in [-0.2, -0.15) is 0 Å². The molecule has 0 saturated carbocycles.